The van der Waals surface area contributed by atoms with Gasteiger partial charge in [0.2, 0.25) is 0 Å². The maximum absolute atomic E-state index is 12.4. The van der Waals surface area contributed by atoms with Gasteiger partial charge in [0.25, 0.3) is 5.91 Å². The summed E-state index contributed by atoms with van der Waals surface area (Å²) in [6, 6.07) is 12.2. The average Bonchev–Trinajstić information content (AvgIpc) is 2.54. The Kier molecular flexibility index (Phi) is 7.05. The maximum atomic E-state index is 12.4. The third-order valence-electron chi connectivity index (χ3n) is 3.18. The number of hydrogen-bond donors (Lipinski definition) is 2. The van der Waals surface area contributed by atoms with Crippen LogP contribution in [-0.2, 0) is 6.54 Å². The molecule has 0 heterocycles. The molecule has 1 amide bonds. The molecule has 0 saturated carbocycles. The summed E-state index contributed by atoms with van der Waals surface area (Å²) in [5.74, 6) is 0.175. The molecule has 4 nitrogen and oxygen atoms in total. The Morgan fingerprint density at radius 3 is 2.60 bits per heavy atom. The van der Waals surface area contributed by atoms with Crippen LogP contribution < -0.4 is 15.4 Å². The quantitative estimate of drug-likeness (QED) is 0.725. The summed E-state index contributed by atoms with van der Waals surface area (Å²) in [4.78, 5) is 12.4. The van der Waals surface area contributed by atoms with Gasteiger partial charge in [-0.2, -0.15) is 0 Å². The van der Waals surface area contributed by atoms with E-state index in [9.17, 15) is 4.79 Å². The molecule has 0 spiro atoms. The lowest BCUT2D eigenvalue weighted by Crippen LogP contribution is -2.39. The molecule has 0 aliphatic rings. The van der Waals surface area contributed by atoms with E-state index in [1.807, 2.05) is 19.9 Å². The van der Waals surface area contributed by atoms with E-state index in [4.69, 9.17) is 40.2 Å². The van der Waals surface area contributed by atoms with Crippen LogP contribution in [0.15, 0.2) is 42.5 Å². The van der Waals surface area contributed by atoms with Gasteiger partial charge < -0.3 is 10.1 Å². The summed E-state index contributed by atoms with van der Waals surface area (Å²) < 4.78 is 5.65. The molecular weight excluding hydrogens is 379 g/mol. The Bertz CT molecular complexity index is 781. The molecule has 0 aliphatic carbocycles. The van der Waals surface area contributed by atoms with Gasteiger partial charge in [0, 0.05) is 16.6 Å². The lowest BCUT2D eigenvalue weighted by Gasteiger charge is -2.15. The van der Waals surface area contributed by atoms with Gasteiger partial charge in [0.05, 0.1) is 11.7 Å². The Hall–Kier alpha value is -1.82. The number of nitrogens with one attached hydrogen (secondary N) is 2. The number of carbonyl (C=O) groups excluding carboxylic acids is 1. The van der Waals surface area contributed by atoms with E-state index in [1.165, 1.54) is 0 Å². The highest BCUT2D eigenvalue weighted by molar-refractivity contribution is 7.80. The number of rotatable bonds is 5. The van der Waals surface area contributed by atoms with Crippen LogP contribution in [-0.4, -0.2) is 17.1 Å². The van der Waals surface area contributed by atoms with E-state index < -0.39 is 0 Å². The smallest absolute Gasteiger partial charge is 0.261 e. The van der Waals surface area contributed by atoms with Crippen LogP contribution in [0.2, 0.25) is 10.0 Å². The molecule has 7 heteroatoms. The van der Waals surface area contributed by atoms with Gasteiger partial charge in [-0.25, -0.2) is 0 Å². The van der Waals surface area contributed by atoms with Crippen LogP contribution in [0.4, 0.5) is 0 Å². The molecule has 0 bridgehead atoms. The SMILES string of the molecule is CC(C)Oc1ccccc1C(=O)NC(=S)NCc1ccc(Cl)cc1Cl. The summed E-state index contributed by atoms with van der Waals surface area (Å²) in [7, 11) is 0. The van der Waals surface area contributed by atoms with Gasteiger partial charge in [0.15, 0.2) is 5.11 Å². The molecule has 0 aromatic heterocycles. The zero-order chi connectivity index (χ0) is 18.4. The standard InChI is InChI=1S/C18H18Cl2N2O2S/c1-11(2)24-16-6-4-3-5-14(16)17(23)22-18(25)21-10-12-7-8-13(19)9-15(12)20/h3-9,11H,10H2,1-2H3,(H2,21,22,23,25). The van der Waals surface area contributed by atoms with E-state index in [2.05, 4.69) is 10.6 Å². The zero-order valence-electron chi connectivity index (χ0n) is 13.8. The summed E-state index contributed by atoms with van der Waals surface area (Å²) in [5, 5.41) is 6.89. The Balaban J connectivity index is 1.97. The molecule has 0 radical (unpaired) electrons. The topological polar surface area (TPSA) is 50.4 Å². The first-order valence-electron chi connectivity index (χ1n) is 7.65. The normalized spacial score (nSPS) is 10.4. The molecule has 2 rings (SSSR count). The van der Waals surface area contributed by atoms with Crippen LogP contribution >= 0.6 is 35.4 Å². The van der Waals surface area contributed by atoms with Gasteiger partial charge >= 0.3 is 0 Å². The number of ether oxygens (including phenoxy) is 1. The second-order valence-corrected chi connectivity index (χ2v) is 6.79. The molecule has 2 N–H and O–H groups in total. The van der Waals surface area contributed by atoms with E-state index in [1.54, 1.807) is 36.4 Å². The minimum atomic E-state index is -0.337. The number of halogens is 2. The zero-order valence-corrected chi connectivity index (χ0v) is 16.1. The number of carbonyl (C=O) groups is 1. The number of benzene rings is 2. The van der Waals surface area contributed by atoms with Crippen LogP contribution in [0.5, 0.6) is 5.75 Å². The minimum absolute atomic E-state index is 0.0360. The highest BCUT2D eigenvalue weighted by Crippen LogP contribution is 2.21. The Morgan fingerprint density at radius 2 is 1.92 bits per heavy atom. The van der Waals surface area contributed by atoms with E-state index in [0.717, 1.165) is 5.56 Å². The fourth-order valence-corrected chi connectivity index (χ4v) is 2.71. The number of hydrogen-bond acceptors (Lipinski definition) is 3. The highest BCUT2D eigenvalue weighted by Gasteiger charge is 2.14. The fourth-order valence-electron chi connectivity index (χ4n) is 2.07. The molecule has 0 atom stereocenters. The second-order valence-electron chi connectivity index (χ2n) is 5.54. The average molecular weight is 397 g/mol. The fraction of sp³-hybridized carbons (Fsp3) is 0.222. The van der Waals surface area contributed by atoms with Crippen molar-refractivity contribution in [3.8, 4) is 5.75 Å². The van der Waals surface area contributed by atoms with Gasteiger partial charge in [-0.05, 0) is 55.9 Å². The van der Waals surface area contributed by atoms with E-state index in [-0.39, 0.29) is 17.1 Å². The molecule has 2 aromatic carbocycles. The number of para-hydroxylation sites is 1. The van der Waals surface area contributed by atoms with E-state index >= 15 is 0 Å². The van der Waals surface area contributed by atoms with Crippen molar-refractivity contribution >= 4 is 46.4 Å². The van der Waals surface area contributed by atoms with Crippen molar-refractivity contribution in [3.63, 3.8) is 0 Å². The van der Waals surface area contributed by atoms with Gasteiger partial charge in [-0.3, -0.25) is 10.1 Å². The van der Waals surface area contributed by atoms with Crippen LogP contribution in [0.3, 0.4) is 0 Å². The van der Waals surface area contributed by atoms with Gasteiger partial charge in [0.1, 0.15) is 5.75 Å². The first-order chi connectivity index (χ1) is 11.9. The van der Waals surface area contributed by atoms with Crippen molar-refractivity contribution in [1.29, 1.82) is 0 Å². The number of thiocarbonyl (C=S) groups is 1. The number of amides is 1. The minimum Gasteiger partial charge on any atom is -0.490 e. The molecule has 0 unspecified atom stereocenters. The van der Waals surface area contributed by atoms with Crippen molar-refractivity contribution in [2.75, 3.05) is 0 Å². The highest BCUT2D eigenvalue weighted by atomic mass is 35.5. The van der Waals surface area contributed by atoms with Gasteiger partial charge in [-0.15, -0.1) is 0 Å². The lowest BCUT2D eigenvalue weighted by molar-refractivity contribution is 0.0971. The van der Waals surface area contributed by atoms with E-state index in [0.29, 0.717) is 27.9 Å². The molecule has 25 heavy (non-hydrogen) atoms. The summed E-state index contributed by atoms with van der Waals surface area (Å²) in [6.45, 7) is 4.17. The summed E-state index contributed by atoms with van der Waals surface area (Å²) >= 11 is 17.2. The van der Waals surface area contributed by atoms with Gasteiger partial charge in [-0.1, -0.05) is 41.4 Å². The van der Waals surface area contributed by atoms with Crippen molar-refractivity contribution < 1.29 is 9.53 Å². The third-order valence-corrected chi connectivity index (χ3v) is 4.01. The molecule has 0 fully saturated rings. The second kappa shape index (κ2) is 9.04. The summed E-state index contributed by atoms with van der Waals surface area (Å²) in [5.41, 5.74) is 1.25. The predicted molar refractivity (Wildman–Crippen MR) is 106 cm³/mol. The molecule has 2 aromatic rings. The molecule has 0 aliphatic heterocycles. The predicted octanol–water partition coefficient (Wildman–Crippen LogP) is 4.59. The van der Waals surface area contributed by atoms with Crippen molar-refractivity contribution in [2.24, 2.45) is 0 Å². The maximum Gasteiger partial charge on any atom is 0.261 e. The molecule has 132 valence electrons. The first-order valence-corrected chi connectivity index (χ1v) is 8.82. The Morgan fingerprint density at radius 1 is 1.20 bits per heavy atom. The molecule has 0 saturated heterocycles. The lowest BCUT2D eigenvalue weighted by atomic mass is 10.2. The largest absolute Gasteiger partial charge is 0.490 e. The first kappa shape index (κ1) is 19.5. The van der Waals surface area contributed by atoms with Crippen molar-refractivity contribution in [3.05, 3.63) is 63.6 Å². The Labute approximate surface area is 162 Å². The van der Waals surface area contributed by atoms with Crippen LogP contribution in [0.1, 0.15) is 29.8 Å². The van der Waals surface area contributed by atoms with Crippen molar-refractivity contribution in [1.82, 2.24) is 10.6 Å². The summed E-state index contributed by atoms with van der Waals surface area (Å²) in [6.07, 6.45) is -0.0360. The van der Waals surface area contributed by atoms with Crippen LogP contribution in [0.25, 0.3) is 0 Å². The molecular formula is C18H18Cl2N2O2S. The van der Waals surface area contributed by atoms with Crippen LogP contribution in [0, 0.1) is 0 Å². The van der Waals surface area contributed by atoms with Crippen molar-refractivity contribution in [2.45, 2.75) is 26.5 Å². The third kappa shape index (κ3) is 5.88. The monoisotopic (exact) mass is 396 g/mol.